The van der Waals surface area contributed by atoms with Gasteiger partial charge in [0.05, 0.1) is 0 Å². The minimum Gasteiger partial charge on any atom is -0.321 e. The van der Waals surface area contributed by atoms with Crippen molar-refractivity contribution in [3.05, 3.63) is 59.7 Å². The van der Waals surface area contributed by atoms with Gasteiger partial charge in [-0.15, -0.1) is 11.8 Å². The molecule has 94 valence electrons. The fraction of sp³-hybridized carbons (Fsp3) is 0.0625. The van der Waals surface area contributed by atoms with Crippen molar-refractivity contribution in [1.29, 1.82) is 0 Å². The number of rotatable bonds is 2. The average Bonchev–Trinajstić information content (AvgIpc) is 2.76. The van der Waals surface area contributed by atoms with Gasteiger partial charge in [0, 0.05) is 21.7 Å². The van der Waals surface area contributed by atoms with E-state index in [1.54, 1.807) is 11.8 Å². The van der Waals surface area contributed by atoms with Crippen LogP contribution in [0.25, 0.3) is 11.6 Å². The number of para-hydroxylation sites is 1. The number of anilines is 1. The van der Waals surface area contributed by atoms with Crippen molar-refractivity contribution in [2.45, 2.75) is 4.90 Å². The van der Waals surface area contributed by atoms with Crippen LogP contribution in [0.1, 0.15) is 11.1 Å². The molecule has 3 heteroatoms. The first kappa shape index (κ1) is 12.1. The number of carbonyl (C=O) groups is 1. The van der Waals surface area contributed by atoms with Crippen molar-refractivity contribution in [3.8, 4) is 0 Å². The third kappa shape index (κ3) is 2.29. The maximum absolute atomic E-state index is 12.0. The number of thioether (sulfide) groups is 1. The number of fused-ring (bicyclic) bond motifs is 1. The van der Waals surface area contributed by atoms with Crippen LogP contribution >= 0.6 is 11.8 Å². The lowest BCUT2D eigenvalue weighted by molar-refractivity contribution is -0.110. The summed E-state index contributed by atoms with van der Waals surface area (Å²) in [6.07, 6.45) is 3.99. The van der Waals surface area contributed by atoms with Crippen molar-refractivity contribution in [1.82, 2.24) is 0 Å². The van der Waals surface area contributed by atoms with Crippen molar-refractivity contribution in [2.75, 3.05) is 11.6 Å². The maximum Gasteiger partial charge on any atom is 0.256 e. The van der Waals surface area contributed by atoms with Crippen molar-refractivity contribution >= 4 is 35.0 Å². The van der Waals surface area contributed by atoms with Gasteiger partial charge in [-0.25, -0.2) is 0 Å². The highest BCUT2D eigenvalue weighted by Gasteiger charge is 2.22. The van der Waals surface area contributed by atoms with E-state index in [4.69, 9.17) is 0 Å². The number of hydrogen-bond donors (Lipinski definition) is 1. The Hall–Kier alpha value is -2.00. The average molecular weight is 267 g/mol. The van der Waals surface area contributed by atoms with Crippen LogP contribution in [0, 0.1) is 0 Å². The van der Waals surface area contributed by atoms with E-state index in [0.717, 1.165) is 22.4 Å². The standard InChI is InChI=1S/C16H13NOS/c1-19-12-8-6-11(7-9-12)10-14-13-4-2-3-5-15(13)17-16(14)18/h2-10H,1H3,(H,17,18)/b14-10+. The first-order valence-electron chi connectivity index (χ1n) is 6.04. The summed E-state index contributed by atoms with van der Waals surface area (Å²) in [6.45, 7) is 0. The van der Waals surface area contributed by atoms with Crippen molar-refractivity contribution < 1.29 is 4.79 Å². The van der Waals surface area contributed by atoms with Crippen LogP contribution in [0.4, 0.5) is 5.69 Å². The Labute approximate surface area is 116 Å². The maximum atomic E-state index is 12.0. The molecule has 0 saturated carbocycles. The summed E-state index contributed by atoms with van der Waals surface area (Å²) in [5, 5.41) is 2.88. The molecule has 2 aromatic carbocycles. The summed E-state index contributed by atoms with van der Waals surface area (Å²) >= 11 is 1.71. The Bertz CT molecular complexity index is 659. The first-order valence-corrected chi connectivity index (χ1v) is 7.27. The minimum atomic E-state index is -0.0323. The Morgan fingerprint density at radius 1 is 1.05 bits per heavy atom. The third-order valence-electron chi connectivity index (χ3n) is 3.14. The van der Waals surface area contributed by atoms with E-state index in [0.29, 0.717) is 0 Å². The summed E-state index contributed by atoms with van der Waals surface area (Å²) in [5.74, 6) is -0.0323. The topological polar surface area (TPSA) is 29.1 Å². The lowest BCUT2D eigenvalue weighted by atomic mass is 10.0. The van der Waals surface area contributed by atoms with E-state index in [-0.39, 0.29) is 5.91 Å². The molecular weight excluding hydrogens is 254 g/mol. The second-order valence-corrected chi connectivity index (χ2v) is 5.21. The van der Waals surface area contributed by atoms with E-state index in [1.165, 1.54) is 4.90 Å². The SMILES string of the molecule is CSc1ccc(/C=C2/C(=O)Nc3ccccc32)cc1. The highest BCUT2D eigenvalue weighted by molar-refractivity contribution is 7.98. The van der Waals surface area contributed by atoms with Crippen molar-refractivity contribution in [3.63, 3.8) is 0 Å². The normalized spacial score (nSPS) is 15.4. The minimum absolute atomic E-state index is 0.0323. The van der Waals surface area contributed by atoms with Gasteiger partial charge in [0.1, 0.15) is 0 Å². The summed E-state index contributed by atoms with van der Waals surface area (Å²) < 4.78 is 0. The largest absolute Gasteiger partial charge is 0.321 e. The van der Waals surface area contributed by atoms with Crippen LogP contribution in [0.15, 0.2) is 53.4 Å². The number of benzene rings is 2. The monoisotopic (exact) mass is 267 g/mol. The number of nitrogens with one attached hydrogen (secondary N) is 1. The van der Waals surface area contributed by atoms with Gasteiger partial charge in [-0.3, -0.25) is 4.79 Å². The molecule has 0 radical (unpaired) electrons. The zero-order chi connectivity index (χ0) is 13.2. The molecule has 1 aliphatic rings. The molecule has 1 N–H and O–H groups in total. The Morgan fingerprint density at radius 3 is 2.53 bits per heavy atom. The summed E-state index contributed by atoms with van der Waals surface area (Å²) in [4.78, 5) is 13.2. The van der Waals surface area contributed by atoms with Crippen molar-refractivity contribution in [2.24, 2.45) is 0 Å². The van der Waals surface area contributed by atoms with Gasteiger partial charge in [0.25, 0.3) is 5.91 Å². The summed E-state index contributed by atoms with van der Waals surface area (Å²) in [6, 6.07) is 16.0. The van der Waals surface area contributed by atoms with Gasteiger partial charge in [0.2, 0.25) is 0 Å². The zero-order valence-electron chi connectivity index (χ0n) is 10.5. The Morgan fingerprint density at radius 2 is 1.79 bits per heavy atom. The number of carbonyl (C=O) groups excluding carboxylic acids is 1. The van der Waals surface area contributed by atoms with E-state index in [2.05, 4.69) is 17.4 Å². The smallest absolute Gasteiger partial charge is 0.256 e. The van der Waals surface area contributed by atoms with Gasteiger partial charge in [-0.2, -0.15) is 0 Å². The zero-order valence-corrected chi connectivity index (χ0v) is 11.3. The van der Waals surface area contributed by atoms with Crippen LogP contribution in [0.2, 0.25) is 0 Å². The van der Waals surface area contributed by atoms with Gasteiger partial charge in [-0.05, 0) is 36.1 Å². The number of hydrogen-bond acceptors (Lipinski definition) is 2. The molecule has 3 rings (SSSR count). The predicted molar refractivity (Wildman–Crippen MR) is 81.2 cm³/mol. The van der Waals surface area contributed by atoms with Crippen LogP contribution in [0.5, 0.6) is 0 Å². The number of amides is 1. The quantitative estimate of drug-likeness (QED) is 0.660. The molecule has 0 fully saturated rings. The van der Waals surface area contributed by atoms with Gasteiger partial charge in [0.15, 0.2) is 0 Å². The summed E-state index contributed by atoms with van der Waals surface area (Å²) in [5.41, 5.74) is 3.63. The highest BCUT2D eigenvalue weighted by atomic mass is 32.2. The molecule has 2 nitrogen and oxygen atoms in total. The molecule has 0 spiro atoms. The second kappa shape index (κ2) is 4.94. The van der Waals surface area contributed by atoms with Gasteiger partial charge in [-0.1, -0.05) is 30.3 Å². The fourth-order valence-electron chi connectivity index (χ4n) is 2.15. The molecule has 0 bridgehead atoms. The van der Waals surface area contributed by atoms with Gasteiger partial charge < -0.3 is 5.32 Å². The summed E-state index contributed by atoms with van der Waals surface area (Å²) in [7, 11) is 0. The van der Waals surface area contributed by atoms with Crippen LogP contribution in [-0.4, -0.2) is 12.2 Å². The molecule has 2 aromatic rings. The van der Waals surface area contributed by atoms with Crippen LogP contribution in [-0.2, 0) is 4.79 Å². The molecule has 0 unspecified atom stereocenters. The molecule has 19 heavy (non-hydrogen) atoms. The second-order valence-electron chi connectivity index (χ2n) is 4.33. The molecule has 0 aromatic heterocycles. The molecule has 0 saturated heterocycles. The molecule has 1 amide bonds. The molecule has 0 aliphatic carbocycles. The van der Waals surface area contributed by atoms with E-state index in [1.807, 2.05) is 48.7 Å². The third-order valence-corrected chi connectivity index (χ3v) is 3.88. The Kier molecular flexibility index (Phi) is 3.13. The highest BCUT2D eigenvalue weighted by Crippen LogP contribution is 2.32. The van der Waals surface area contributed by atoms with E-state index in [9.17, 15) is 4.79 Å². The molecule has 1 heterocycles. The molecule has 0 atom stereocenters. The molecular formula is C16H13NOS. The lowest BCUT2D eigenvalue weighted by Crippen LogP contribution is -2.03. The molecule has 1 aliphatic heterocycles. The van der Waals surface area contributed by atoms with Crippen LogP contribution < -0.4 is 5.32 Å². The van der Waals surface area contributed by atoms with E-state index < -0.39 is 0 Å². The predicted octanol–water partition coefficient (Wildman–Crippen LogP) is 3.90. The fourth-order valence-corrected chi connectivity index (χ4v) is 2.56. The van der Waals surface area contributed by atoms with Gasteiger partial charge >= 0.3 is 0 Å². The lowest BCUT2D eigenvalue weighted by Gasteiger charge is -2.00. The van der Waals surface area contributed by atoms with E-state index >= 15 is 0 Å². The Balaban J connectivity index is 2.01. The first-order chi connectivity index (χ1) is 9.28. The van der Waals surface area contributed by atoms with Crippen LogP contribution in [0.3, 0.4) is 0 Å².